The van der Waals surface area contributed by atoms with E-state index in [9.17, 15) is 13.2 Å². The molecule has 1 atom stereocenters. The van der Waals surface area contributed by atoms with E-state index in [2.05, 4.69) is 0 Å². The molecule has 2 fully saturated rings. The number of piperidine rings is 2. The van der Waals surface area contributed by atoms with Crippen molar-refractivity contribution < 1.29 is 13.2 Å². The van der Waals surface area contributed by atoms with Gasteiger partial charge in [0.25, 0.3) is 0 Å². The summed E-state index contributed by atoms with van der Waals surface area (Å²) in [7, 11) is -3.53. The molecule has 0 unspecified atom stereocenters. The minimum absolute atomic E-state index is 0.106. The van der Waals surface area contributed by atoms with Gasteiger partial charge in [0.2, 0.25) is 15.9 Å². The Labute approximate surface area is 165 Å². The molecule has 0 bridgehead atoms. The number of benzene rings is 1. The molecule has 2 aliphatic heterocycles. The zero-order valence-corrected chi connectivity index (χ0v) is 17.0. The molecule has 2 aliphatic rings. The van der Waals surface area contributed by atoms with Gasteiger partial charge in [-0.15, -0.1) is 0 Å². The number of rotatable bonds is 4. The first-order valence-electron chi connectivity index (χ1n) is 9.07. The maximum atomic E-state index is 12.8. The molecule has 1 aromatic carbocycles. The Kier molecular flexibility index (Phi) is 6.49. The van der Waals surface area contributed by atoms with Crippen LogP contribution in [-0.4, -0.2) is 49.7 Å². The maximum Gasteiger partial charge on any atom is 0.227 e. The van der Waals surface area contributed by atoms with Crippen molar-refractivity contribution in [3.05, 3.63) is 33.8 Å². The molecule has 26 heavy (non-hydrogen) atoms. The van der Waals surface area contributed by atoms with E-state index in [4.69, 9.17) is 23.2 Å². The number of amides is 1. The van der Waals surface area contributed by atoms with Gasteiger partial charge in [0.1, 0.15) is 0 Å². The third kappa shape index (κ3) is 4.71. The van der Waals surface area contributed by atoms with E-state index in [-0.39, 0.29) is 24.1 Å². The van der Waals surface area contributed by atoms with Crippen LogP contribution in [-0.2, 0) is 20.6 Å². The lowest BCUT2D eigenvalue weighted by Gasteiger charge is -2.35. The molecule has 1 amide bonds. The predicted molar refractivity (Wildman–Crippen MR) is 104 cm³/mol. The van der Waals surface area contributed by atoms with Crippen LogP contribution in [0.15, 0.2) is 18.2 Å². The van der Waals surface area contributed by atoms with Crippen LogP contribution in [0.2, 0.25) is 10.0 Å². The minimum Gasteiger partial charge on any atom is -0.342 e. The van der Waals surface area contributed by atoms with Gasteiger partial charge in [-0.1, -0.05) is 29.3 Å². The summed E-state index contributed by atoms with van der Waals surface area (Å²) in [4.78, 5) is 14.6. The number of carbonyl (C=O) groups excluding carboxylic acids is 1. The third-order valence-corrected chi connectivity index (χ3v) is 7.53. The fourth-order valence-corrected chi connectivity index (χ4v) is 5.89. The summed E-state index contributed by atoms with van der Waals surface area (Å²) < 4.78 is 27.1. The van der Waals surface area contributed by atoms with Crippen molar-refractivity contribution in [2.45, 2.75) is 37.9 Å². The van der Waals surface area contributed by atoms with Crippen molar-refractivity contribution in [3.63, 3.8) is 0 Å². The van der Waals surface area contributed by atoms with Crippen molar-refractivity contribution in [1.82, 2.24) is 9.21 Å². The molecule has 2 saturated heterocycles. The lowest BCUT2D eigenvalue weighted by Crippen LogP contribution is -2.48. The highest BCUT2D eigenvalue weighted by molar-refractivity contribution is 7.88. The summed E-state index contributed by atoms with van der Waals surface area (Å²) in [6.07, 6.45) is 4.70. The van der Waals surface area contributed by atoms with Crippen molar-refractivity contribution in [2.75, 3.05) is 26.2 Å². The van der Waals surface area contributed by atoms with Gasteiger partial charge >= 0.3 is 0 Å². The SMILES string of the molecule is O=C([C@H]1CCCN(S(=O)(=O)Cc2ccc(Cl)cc2Cl)C1)N1CCCCC1. The molecule has 1 aromatic rings. The summed E-state index contributed by atoms with van der Waals surface area (Å²) in [6.45, 7) is 2.31. The van der Waals surface area contributed by atoms with Gasteiger partial charge in [-0.05, 0) is 49.8 Å². The van der Waals surface area contributed by atoms with E-state index in [1.54, 1.807) is 18.2 Å². The van der Waals surface area contributed by atoms with Crippen molar-refractivity contribution >= 4 is 39.1 Å². The number of halogens is 2. The molecule has 5 nitrogen and oxygen atoms in total. The second-order valence-electron chi connectivity index (χ2n) is 7.08. The van der Waals surface area contributed by atoms with Crippen molar-refractivity contribution in [2.24, 2.45) is 5.92 Å². The third-order valence-electron chi connectivity index (χ3n) is 5.15. The highest BCUT2D eigenvalue weighted by Gasteiger charge is 2.34. The van der Waals surface area contributed by atoms with Gasteiger partial charge in [-0.3, -0.25) is 4.79 Å². The van der Waals surface area contributed by atoms with Crippen LogP contribution in [0, 0.1) is 5.92 Å². The quantitative estimate of drug-likeness (QED) is 0.750. The number of hydrogen-bond donors (Lipinski definition) is 0. The first kappa shape index (κ1) is 19.9. The smallest absolute Gasteiger partial charge is 0.227 e. The summed E-state index contributed by atoms with van der Waals surface area (Å²) >= 11 is 12.0. The van der Waals surface area contributed by atoms with E-state index in [1.807, 2.05) is 4.90 Å². The van der Waals surface area contributed by atoms with Gasteiger partial charge in [0.05, 0.1) is 11.7 Å². The van der Waals surface area contributed by atoms with E-state index in [0.29, 0.717) is 28.6 Å². The zero-order valence-electron chi connectivity index (χ0n) is 14.7. The monoisotopic (exact) mass is 418 g/mol. The second kappa shape index (κ2) is 8.46. The first-order chi connectivity index (χ1) is 12.4. The number of hydrogen-bond acceptors (Lipinski definition) is 3. The fraction of sp³-hybridized carbons (Fsp3) is 0.611. The van der Waals surface area contributed by atoms with E-state index < -0.39 is 10.0 Å². The molecule has 0 aromatic heterocycles. The number of nitrogens with zero attached hydrogens (tertiary/aromatic N) is 2. The predicted octanol–water partition coefficient (Wildman–Crippen LogP) is 3.55. The molecule has 0 aliphatic carbocycles. The average Bonchev–Trinajstić information content (AvgIpc) is 2.64. The van der Waals surface area contributed by atoms with E-state index in [1.165, 1.54) is 4.31 Å². The van der Waals surface area contributed by atoms with Crippen molar-refractivity contribution in [3.8, 4) is 0 Å². The lowest BCUT2D eigenvalue weighted by molar-refractivity contribution is -0.137. The normalized spacial score (nSPS) is 22.4. The second-order valence-corrected chi connectivity index (χ2v) is 9.89. The molecule has 8 heteroatoms. The molecule has 0 N–H and O–H groups in total. The van der Waals surface area contributed by atoms with Crippen LogP contribution in [0.1, 0.15) is 37.7 Å². The number of sulfonamides is 1. The Morgan fingerprint density at radius 2 is 1.81 bits per heavy atom. The van der Waals surface area contributed by atoms with Gasteiger partial charge < -0.3 is 4.90 Å². The van der Waals surface area contributed by atoms with Gasteiger partial charge in [0, 0.05) is 36.2 Å². The van der Waals surface area contributed by atoms with Crippen LogP contribution >= 0.6 is 23.2 Å². The summed E-state index contributed by atoms with van der Waals surface area (Å²) in [5.41, 5.74) is 0.528. The summed E-state index contributed by atoms with van der Waals surface area (Å²) in [5, 5.41) is 0.820. The molecule has 0 saturated carbocycles. The molecular weight excluding hydrogens is 395 g/mol. The Hall–Kier alpha value is -0.820. The first-order valence-corrected chi connectivity index (χ1v) is 11.4. The number of likely N-dealkylation sites (tertiary alicyclic amines) is 1. The molecule has 0 radical (unpaired) electrons. The largest absolute Gasteiger partial charge is 0.342 e. The van der Waals surface area contributed by atoms with Gasteiger partial charge in [0.15, 0.2) is 0 Å². The minimum atomic E-state index is -3.53. The highest BCUT2D eigenvalue weighted by Crippen LogP contribution is 2.27. The molecule has 2 heterocycles. The molecule has 3 rings (SSSR count). The standard InChI is InChI=1S/C18H24Cl2N2O3S/c19-16-7-6-15(17(20)11-16)13-26(24,25)22-10-4-5-14(12-22)18(23)21-8-2-1-3-9-21/h6-7,11,14H,1-5,8-10,12-13H2/t14-/m0/s1. The van der Waals surface area contributed by atoms with Gasteiger partial charge in [-0.2, -0.15) is 0 Å². The van der Waals surface area contributed by atoms with Crippen molar-refractivity contribution in [1.29, 1.82) is 0 Å². The van der Waals surface area contributed by atoms with Gasteiger partial charge in [-0.25, -0.2) is 12.7 Å². The summed E-state index contributed by atoms with van der Waals surface area (Å²) in [6, 6.07) is 4.83. The average molecular weight is 419 g/mol. The Balaban J connectivity index is 1.68. The van der Waals surface area contributed by atoms with E-state index in [0.717, 1.165) is 38.8 Å². The molecule has 0 spiro atoms. The molecular formula is C18H24Cl2N2O3S. The highest BCUT2D eigenvalue weighted by atomic mass is 35.5. The fourth-order valence-electron chi connectivity index (χ4n) is 3.70. The summed E-state index contributed by atoms with van der Waals surface area (Å²) in [5.74, 6) is -0.306. The van der Waals surface area contributed by atoms with Crippen LogP contribution in [0.5, 0.6) is 0 Å². The van der Waals surface area contributed by atoms with Crippen LogP contribution in [0.4, 0.5) is 0 Å². The zero-order chi connectivity index (χ0) is 18.7. The maximum absolute atomic E-state index is 12.8. The Morgan fingerprint density at radius 1 is 1.08 bits per heavy atom. The Morgan fingerprint density at radius 3 is 2.50 bits per heavy atom. The van der Waals surface area contributed by atoms with Crippen LogP contribution in [0.25, 0.3) is 0 Å². The number of carbonyl (C=O) groups is 1. The topological polar surface area (TPSA) is 57.7 Å². The van der Waals surface area contributed by atoms with Crippen LogP contribution in [0.3, 0.4) is 0 Å². The van der Waals surface area contributed by atoms with E-state index >= 15 is 0 Å². The molecule has 144 valence electrons. The lowest BCUT2D eigenvalue weighted by atomic mass is 9.97. The Bertz CT molecular complexity index is 764. The van der Waals surface area contributed by atoms with Crippen LogP contribution < -0.4 is 0 Å².